The van der Waals surface area contributed by atoms with Crippen molar-refractivity contribution in [2.45, 2.75) is 40.2 Å². The standard InChI is InChI=1S/C17H23N5O2/c1-11-8-15(20-19-11)17(24)21-6-4-14(5-7-21)9-22-10-18-13(3)12(2)16(22)23/h8,10,14H,4-7,9H2,1-3H3,(H,19,20). The Balaban J connectivity index is 1.60. The van der Waals surface area contributed by atoms with Crippen molar-refractivity contribution < 1.29 is 4.79 Å². The van der Waals surface area contributed by atoms with Gasteiger partial charge in [-0.2, -0.15) is 5.10 Å². The van der Waals surface area contributed by atoms with E-state index in [-0.39, 0.29) is 11.5 Å². The lowest BCUT2D eigenvalue weighted by Crippen LogP contribution is -2.40. The molecule has 1 saturated heterocycles. The van der Waals surface area contributed by atoms with E-state index < -0.39 is 0 Å². The molecule has 2 aromatic heterocycles. The maximum atomic E-state index is 12.4. The van der Waals surface area contributed by atoms with Gasteiger partial charge in [-0.15, -0.1) is 0 Å². The van der Waals surface area contributed by atoms with Crippen LogP contribution >= 0.6 is 0 Å². The van der Waals surface area contributed by atoms with Gasteiger partial charge >= 0.3 is 0 Å². The fraction of sp³-hybridized carbons (Fsp3) is 0.529. The van der Waals surface area contributed by atoms with Crippen molar-refractivity contribution in [1.82, 2.24) is 24.6 Å². The van der Waals surface area contributed by atoms with Crippen LogP contribution < -0.4 is 5.56 Å². The Labute approximate surface area is 140 Å². The summed E-state index contributed by atoms with van der Waals surface area (Å²) in [6.45, 7) is 7.60. The molecule has 0 atom stereocenters. The van der Waals surface area contributed by atoms with Crippen LogP contribution in [0.4, 0.5) is 0 Å². The van der Waals surface area contributed by atoms with E-state index in [1.807, 2.05) is 25.7 Å². The van der Waals surface area contributed by atoms with Crippen molar-refractivity contribution in [3.8, 4) is 0 Å². The number of hydrogen-bond donors (Lipinski definition) is 1. The SMILES string of the molecule is Cc1cc(C(=O)N2CCC(Cn3cnc(C)c(C)c3=O)CC2)n[nH]1. The summed E-state index contributed by atoms with van der Waals surface area (Å²) in [5.74, 6) is 0.361. The van der Waals surface area contributed by atoms with Gasteiger partial charge in [0, 0.05) is 36.6 Å². The highest BCUT2D eigenvalue weighted by Gasteiger charge is 2.25. The number of carbonyl (C=O) groups is 1. The average Bonchev–Trinajstić information content (AvgIpc) is 3.02. The lowest BCUT2D eigenvalue weighted by Gasteiger charge is -2.31. The maximum Gasteiger partial charge on any atom is 0.274 e. The lowest BCUT2D eigenvalue weighted by atomic mass is 9.96. The molecule has 0 aromatic carbocycles. The number of carbonyl (C=O) groups excluding carboxylic acids is 1. The number of nitrogens with one attached hydrogen (secondary N) is 1. The molecule has 7 nitrogen and oxygen atoms in total. The highest BCUT2D eigenvalue weighted by molar-refractivity contribution is 5.92. The van der Waals surface area contributed by atoms with Gasteiger partial charge in [-0.1, -0.05) is 0 Å². The number of aromatic nitrogens is 4. The third-order valence-corrected chi connectivity index (χ3v) is 4.80. The van der Waals surface area contributed by atoms with Crippen molar-refractivity contribution in [2.75, 3.05) is 13.1 Å². The van der Waals surface area contributed by atoms with Gasteiger partial charge in [0.15, 0.2) is 0 Å². The van der Waals surface area contributed by atoms with Gasteiger partial charge < -0.3 is 4.90 Å². The highest BCUT2D eigenvalue weighted by Crippen LogP contribution is 2.20. The third kappa shape index (κ3) is 3.25. The molecule has 1 fully saturated rings. The number of aryl methyl sites for hydroxylation is 2. The zero-order valence-electron chi connectivity index (χ0n) is 14.4. The fourth-order valence-electron chi connectivity index (χ4n) is 3.09. The third-order valence-electron chi connectivity index (χ3n) is 4.80. The number of H-pyrrole nitrogens is 1. The van der Waals surface area contributed by atoms with Crippen molar-refractivity contribution >= 4 is 5.91 Å². The van der Waals surface area contributed by atoms with Crippen LogP contribution in [0.1, 0.15) is 40.3 Å². The van der Waals surface area contributed by atoms with E-state index >= 15 is 0 Å². The summed E-state index contributed by atoms with van der Waals surface area (Å²) in [5.41, 5.74) is 2.88. The summed E-state index contributed by atoms with van der Waals surface area (Å²) >= 11 is 0. The van der Waals surface area contributed by atoms with Crippen LogP contribution in [0, 0.1) is 26.7 Å². The minimum Gasteiger partial charge on any atom is -0.337 e. The minimum atomic E-state index is -0.0252. The summed E-state index contributed by atoms with van der Waals surface area (Å²) in [5, 5.41) is 6.84. The monoisotopic (exact) mass is 329 g/mol. The molecule has 0 bridgehead atoms. The number of nitrogens with zero attached hydrogens (tertiary/aromatic N) is 4. The second-order valence-corrected chi connectivity index (χ2v) is 6.58. The Morgan fingerprint density at radius 1 is 1.29 bits per heavy atom. The molecule has 0 radical (unpaired) electrons. The molecule has 7 heteroatoms. The molecular formula is C17H23N5O2. The minimum absolute atomic E-state index is 0.0252. The first-order chi connectivity index (χ1) is 11.5. The second-order valence-electron chi connectivity index (χ2n) is 6.58. The molecule has 1 amide bonds. The number of likely N-dealkylation sites (tertiary alicyclic amines) is 1. The number of hydrogen-bond acceptors (Lipinski definition) is 4. The Bertz CT molecular complexity index is 800. The van der Waals surface area contributed by atoms with Gasteiger partial charge in [0.1, 0.15) is 5.69 Å². The largest absolute Gasteiger partial charge is 0.337 e. The molecule has 2 aromatic rings. The normalized spacial score (nSPS) is 15.7. The van der Waals surface area contributed by atoms with E-state index in [2.05, 4.69) is 15.2 Å². The summed E-state index contributed by atoms with van der Waals surface area (Å²) in [4.78, 5) is 30.8. The smallest absolute Gasteiger partial charge is 0.274 e. The fourth-order valence-corrected chi connectivity index (χ4v) is 3.09. The van der Waals surface area contributed by atoms with Crippen molar-refractivity contribution in [2.24, 2.45) is 5.92 Å². The number of aromatic amines is 1. The van der Waals surface area contributed by atoms with Crippen LogP contribution in [0.5, 0.6) is 0 Å². The van der Waals surface area contributed by atoms with Crippen LogP contribution in [0.2, 0.25) is 0 Å². The molecule has 0 spiro atoms. The average molecular weight is 329 g/mol. The lowest BCUT2D eigenvalue weighted by molar-refractivity contribution is 0.0676. The molecule has 0 unspecified atom stereocenters. The van der Waals surface area contributed by atoms with E-state index in [4.69, 9.17) is 0 Å². The molecule has 24 heavy (non-hydrogen) atoms. The predicted molar refractivity (Wildman–Crippen MR) is 89.9 cm³/mol. The van der Waals surface area contributed by atoms with E-state index in [0.717, 1.165) is 24.2 Å². The molecule has 0 aliphatic carbocycles. The zero-order valence-corrected chi connectivity index (χ0v) is 14.4. The molecular weight excluding hydrogens is 306 g/mol. The Kier molecular flexibility index (Phi) is 4.51. The van der Waals surface area contributed by atoms with E-state index in [0.29, 0.717) is 36.8 Å². The Morgan fingerprint density at radius 2 is 2.00 bits per heavy atom. The Morgan fingerprint density at radius 3 is 2.62 bits per heavy atom. The number of rotatable bonds is 3. The van der Waals surface area contributed by atoms with Gasteiger partial charge in [0.2, 0.25) is 0 Å². The summed E-state index contributed by atoms with van der Waals surface area (Å²) in [7, 11) is 0. The van der Waals surface area contributed by atoms with Gasteiger partial charge in [0.25, 0.3) is 11.5 Å². The molecule has 128 valence electrons. The van der Waals surface area contributed by atoms with Crippen molar-refractivity contribution in [3.05, 3.63) is 45.4 Å². The van der Waals surface area contributed by atoms with Gasteiger partial charge in [-0.3, -0.25) is 19.3 Å². The summed E-state index contributed by atoms with van der Waals surface area (Å²) < 4.78 is 1.70. The number of piperidine rings is 1. The summed E-state index contributed by atoms with van der Waals surface area (Å²) in [6.07, 6.45) is 3.40. The van der Waals surface area contributed by atoms with Gasteiger partial charge in [-0.05, 0) is 45.6 Å². The molecule has 1 N–H and O–H groups in total. The van der Waals surface area contributed by atoms with E-state index in [1.54, 1.807) is 17.0 Å². The first kappa shape index (κ1) is 16.4. The van der Waals surface area contributed by atoms with Gasteiger partial charge in [-0.25, -0.2) is 4.98 Å². The van der Waals surface area contributed by atoms with E-state index in [1.165, 1.54) is 0 Å². The topological polar surface area (TPSA) is 83.9 Å². The quantitative estimate of drug-likeness (QED) is 0.923. The van der Waals surface area contributed by atoms with Crippen LogP contribution in [-0.4, -0.2) is 43.6 Å². The van der Waals surface area contributed by atoms with Crippen molar-refractivity contribution in [3.63, 3.8) is 0 Å². The predicted octanol–water partition coefficient (Wildman–Crippen LogP) is 1.44. The first-order valence-corrected chi connectivity index (χ1v) is 8.29. The zero-order chi connectivity index (χ0) is 17.3. The van der Waals surface area contributed by atoms with E-state index in [9.17, 15) is 9.59 Å². The molecule has 0 saturated carbocycles. The molecule has 1 aliphatic heterocycles. The second kappa shape index (κ2) is 6.59. The van der Waals surface area contributed by atoms with Crippen LogP contribution in [0.25, 0.3) is 0 Å². The molecule has 1 aliphatic rings. The summed E-state index contributed by atoms with van der Waals surface area (Å²) in [6, 6.07) is 1.77. The highest BCUT2D eigenvalue weighted by atomic mass is 16.2. The van der Waals surface area contributed by atoms with Crippen LogP contribution in [0.15, 0.2) is 17.2 Å². The van der Waals surface area contributed by atoms with Crippen LogP contribution in [0.3, 0.4) is 0 Å². The first-order valence-electron chi connectivity index (χ1n) is 8.29. The molecule has 3 rings (SSSR count). The molecule has 3 heterocycles. The maximum absolute atomic E-state index is 12.4. The number of amides is 1. The van der Waals surface area contributed by atoms with Crippen LogP contribution in [-0.2, 0) is 6.54 Å². The van der Waals surface area contributed by atoms with Gasteiger partial charge in [0.05, 0.1) is 6.33 Å². The van der Waals surface area contributed by atoms with Crippen molar-refractivity contribution in [1.29, 1.82) is 0 Å². The Hall–Kier alpha value is -2.44.